The van der Waals surface area contributed by atoms with Gasteiger partial charge in [0.2, 0.25) is 5.91 Å². The van der Waals surface area contributed by atoms with E-state index in [-0.39, 0.29) is 5.91 Å². The lowest BCUT2D eigenvalue weighted by Gasteiger charge is -2.25. The first kappa shape index (κ1) is 13.9. The van der Waals surface area contributed by atoms with Crippen LogP contribution in [0, 0.1) is 5.92 Å². The average molecular weight is 262 g/mol. The van der Waals surface area contributed by atoms with E-state index in [9.17, 15) is 4.79 Å². The van der Waals surface area contributed by atoms with Crippen LogP contribution in [0.4, 0.5) is 5.69 Å². The fourth-order valence-electron chi connectivity index (χ4n) is 2.57. The Hall–Kier alpha value is -1.55. The monoisotopic (exact) mass is 262 g/mol. The smallest absolute Gasteiger partial charge is 0.224 e. The molecule has 1 saturated carbocycles. The van der Waals surface area contributed by atoms with E-state index in [4.69, 9.17) is 10.5 Å². The third-order valence-corrected chi connectivity index (χ3v) is 3.72. The highest BCUT2D eigenvalue weighted by Crippen LogP contribution is 2.26. The van der Waals surface area contributed by atoms with Gasteiger partial charge in [-0.3, -0.25) is 4.79 Å². The number of carbonyl (C=O) groups excluding carboxylic acids is 1. The van der Waals surface area contributed by atoms with Crippen LogP contribution in [0.3, 0.4) is 0 Å². The summed E-state index contributed by atoms with van der Waals surface area (Å²) in [6.45, 7) is 0. The summed E-state index contributed by atoms with van der Waals surface area (Å²) in [6.07, 6.45) is 4.79. The summed E-state index contributed by atoms with van der Waals surface area (Å²) in [4.78, 5) is 12.0. The molecular formula is C15H22N2O2. The molecule has 4 heteroatoms. The number of nitrogens with one attached hydrogen (secondary N) is 1. The summed E-state index contributed by atoms with van der Waals surface area (Å²) in [5.74, 6) is 1.31. The van der Waals surface area contributed by atoms with Crippen LogP contribution < -0.4 is 15.8 Å². The van der Waals surface area contributed by atoms with Gasteiger partial charge in [-0.05, 0) is 43.7 Å². The summed E-state index contributed by atoms with van der Waals surface area (Å²) in [5, 5.41) is 2.92. The Morgan fingerprint density at radius 2 is 2.11 bits per heavy atom. The van der Waals surface area contributed by atoms with Gasteiger partial charge in [0.05, 0.1) is 7.11 Å². The predicted octanol–water partition coefficient (Wildman–Crippen LogP) is 2.54. The number of carbonyl (C=O) groups is 1. The van der Waals surface area contributed by atoms with Gasteiger partial charge in [0.15, 0.2) is 0 Å². The van der Waals surface area contributed by atoms with E-state index in [0.717, 1.165) is 37.1 Å². The lowest BCUT2D eigenvalue weighted by Crippen LogP contribution is -2.28. The summed E-state index contributed by atoms with van der Waals surface area (Å²) in [7, 11) is 1.62. The van der Waals surface area contributed by atoms with Crippen molar-refractivity contribution in [3.63, 3.8) is 0 Å². The van der Waals surface area contributed by atoms with Crippen LogP contribution in [-0.4, -0.2) is 19.1 Å². The maximum atomic E-state index is 12.0. The van der Waals surface area contributed by atoms with Crippen molar-refractivity contribution in [3.05, 3.63) is 24.3 Å². The number of rotatable bonds is 4. The molecule has 1 aliphatic rings. The minimum absolute atomic E-state index is 0.0775. The molecule has 1 aromatic carbocycles. The van der Waals surface area contributed by atoms with Crippen LogP contribution in [0.2, 0.25) is 0 Å². The van der Waals surface area contributed by atoms with Crippen molar-refractivity contribution in [1.82, 2.24) is 0 Å². The Kier molecular flexibility index (Phi) is 4.80. The van der Waals surface area contributed by atoms with Gasteiger partial charge in [-0.2, -0.15) is 0 Å². The average Bonchev–Trinajstić information content (AvgIpc) is 2.41. The van der Waals surface area contributed by atoms with E-state index in [0.29, 0.717) is 18.4 Å². The standard InChI is InChI=1S/C15H22N2O2/c1-19-14-4-2-3-13(10-14)17-15(18)9-11-5-7-12(16)8-6-11/h2-4,10-12H,5-9,16H2,1H3,(H,17,18). The van der Waals surface area contributed by atoms with Crippen LogP contribution in [0.25, 0.3) is 0 Å². The molecule has 0 heterocycles. The number of nitrogens with two attached hydrogens (primary N) is 1. The van der Waals surface area contributed by atoms with Crippen molar-refractivity contribution in [3.8, 4) is 5.75 Å². The van der Waals surface area contributed by atoms with Gasteiger partial charge in [-0.1, -0.05) is 6.07 Å². The Labute approximate surface area is 114 Å². The molecule has 4 nitrogen and oxygen atoms in total. The van der Waals surface area contributed by atoms with Crippen LogP contribution >= 0.6 is 0 Å². The summed E-state index contributed by atoms with van der Waals surface area (Å²) < 4.78 is 5.13. The second kappa shape index (κ2) is 6.57. The van der Waals surface area contributed by atoms with Crippen LogP contribution in [0.5, 0.6) is 5.75 Å². The minimum Gasteiger partial charge on any atom is -0.497 e. The number of anilines is 1. The van der Waals surface area contributed by atoms with Gasteiger partial charge in [0.25, 0.3) is 0 Å². The van der Waals surface area contributed by atoms with Crippen molar-refractivity contribution in [1.29, 1.82) is 0 Å². The number of hydrogen-bond donors (Lipinski definition) is 2. The predicted molar refractivity (Wildman–Crippen MR) is 76.2 cm³/mol. The molecule has 0 spiro atoms. The van der Waals surface area contributed by atoms with Crippen molar-refractivity contribution in [2.75, 3.05) is 12.4 Å². The third-order valence-electron chi connectivity index (χ3n) is 3.72. The highest BCUT2D eigenvalue weighted by molar-refractivity contribution is 5.91. The van der Waals surface area contributed by atoms with E-state index >= 15 is 0 Å². The Morgan fingerprint density at radius 1 is 1.37 bits per heavy atom. The third kappa shape index (κ3) is 4.24. The second-order valence-corrected chi connectivity index (χ2v) is 5.27. The Balaban J connectivity index is 1.83. The molecule has 0 aliphatic heterocycles. The highest BCUT2D eigenvalue weighted by Gasteiger charge is 2.20. The minimum atomic E-state index is 0.0775. The zero-order valence-corrected chi connectivity index (χ0v) is 11.4. The lowest BCUT2D eigenvalue weighted by molar-refractivity contribution is -0.117. The summed E-state index contributed by atoms with van der Waals surface area (Å²) in [6, 6.07) is 7.76. The molecular weight excluding hydrogens is 240 g/mol. The molecule has 0 aromatic heterocycles. The first-order valence-electron chi connectivity index (χ1n) is 6.87. The van der Waals surface area contributed by atoms with Crippen molar-refractivity contribution >= 4 is 11.6 Å². The van der Waals surface area contributed by atoms with Crippen molar-refractivity contribution in [2.24, 2.45) is 11.7 Å². The number of hydrogen-bond acceptors (Lipinski definition) is 3. The fraction of sp³-hybridized carbons (Fsp3) is 0.533. The fourth-order valence-corrected chi connectivity index (χ4v) is 2.57. The van der Waals surface area contributed by atoms with Gasteiger partial charge in [0, 0.05) is 24.2 Å². The molecule has 19 heavy (non-hydrogen) atoms. The molecule has 2 rings (SSSR count). The van der Waals surface area contributed by atoms with Crippen LogP contribution in [-0.2, 0) is 4.79 Å². The summed E-state index contributed by atoms with van der Waals surface area (Å²) in [5.41, 5.74) is 6.66. The van der Waals surface area contributed by atoms with Crippen LogP contribution in [0.1, 0.15) is 32.1 Å². The molecule has 3 N–H and O–H groups in total. The van der Waals surface area contributed by atoms with Gasteiger partial charge in [-0.15, -0.1) is 0 Å². The van der Waals surface area contributed by atoms with E-state index in [1.807, 2.05) is 24.3 Å². The normalized spacial score (nSPS) is 22.8. The topological polar surface area (TPSA) is 64.3 Å². The van der Waals surface area contributed by atoms with E-state index in [1.54, 1.807) is 7.11 Å². The maximum Gasteiger partial charge on any atom is 0.224 e. The van der Waals surface area contributed by atoms with E-state index < -0.39 is 0 Å². The SMILES string of the molecule is COc1cccc(NC(=O)CC2CCC(N)CC2)c1. The highest BCUT2D eigenvalue weighted by atomic mass is 16.5. The quantitative estimate of drug-likeness (QED) is 0.876. The molecule has 0 radical (unpaired) electrons. The molecule has 0 bridgehead atoms. The Morgan fingerprint density at radius 3 is 2.79 bits per heavy atom. The number of methoxy groups -OCH3 is 1. The lowest BCUT2D eigenvalue weighted by atomic mass is 9.84. The number of ether oxygens (including phenoxy) is 1. The second-order valence-electron chi connectivity index (χ2n) is 5.27. The molecule has 1 fully saturated rings. The van der Waals surface area contributed by atoms with Crippen molar-refractivity contribution in [2.45, 2.75) is 38.1 Å². The largest absolute Gasteiger partial charge is 0.497 e. The molecule has 1 aliphatic carbocycles. The molecule has 0 saturated heterocycles. The maximum absolute atomic E-state index is 12.0. The molecule has 1 amide bonds. The van der Waals surface area contributed by atoms with Gasteiger partial charge >= 0.3 is 0 Å². The first-order chi connectivity index (χ1) is 9.17. The molecule has 0 atom stereocenters. The van der Waals surface area contributed by atoms with Crippen molar-refractivity contribution < 1.29 is 9.53 Å². The Bertz CT molecular complexity index is 426. The van der Waals surface area contributed by atoms with E-state index in [1.165, 1.54) is 0 Å². The zero-order chi connectivity index (χ0) is 13.7. The molecule has 0 unspecified atom stereocenters. The zero-order valence-electron chi connectivity index (χ0n) is 11.4. The summed E-state index contributed by atoms with van der Waals surface area (Å²) >= 11 is 0. The molecule has 104 valence electrons. The van der Waals surface area contributed by atoms with Gasteiger partial charge in [0.1, 0.15) is 5.75 Å². The van der Waals surface area contributed by atoms with Gasteiger partial charge < -0.3 is 15.8 Å². The number of benzene rings is 1. The van der Waals surface area contributed by atoms with Gasteiger partial charge in [-0.25, -0.2) is 0 Å². The molecule has 1 aromatic rings. The first-order valence-corrected chi connectivity index (χ1v) is 6.87. The van der Waals surface area contributed by atoms with E-state index in [2.05, 4.69) is 5.32 Å². The van der Waals surface area contributed by atoms with Crippen LogP contribution in [0.15, 0.2) is 24.3 Å². The number of amides is 1.